The first-order valence-electron chi connectivity index (χ1n) is 3.32. The lowest BCUT2D eigenvalue weighted by Gasteiger charge is -2.24. The molecule has 60 valence electrons. The lowest BCUT2D eigenvalue weighted by Crippen LogP contribution is -2.47. The van der Waals surface area contributed by atoms with Crippen molar-refractivity contribution >= 4 is 6.21 Å². The molecule has 1 unspecified atom stereocenters. The van der Waals surface area contributed by atoms with Crippen LogP contribution in [-0.4, -0.2) is 38.5 Å². The number of rotatable bonds is 5. The van der Waals surface area contributed by atoms with Gasteiger partial charge in [-0.3, -0.25) is 5.43 Å². The van der Waals surface area contributed by atoms with Crippen LogP contribution in [0.25, 0.3) is 0 Å². The molecule has 3 N–H and O–H groups in total. The summed E-state index contributed by atoms with van der Waals surface area (Å²) in [5.74, 6) is 0. The maximum Gasteiger partial charge on any atom is 0.0776 e. The van der Waals surface area contributed by atoms with Crippen LogP contribution >= 0.6 is 0 Å². The van der Waals surface area contributed by atoms with Crippen LogP contribution in [0.3, 0.4) is 0 Å². The molecule has 0 aromatic carbocycles. The summed E-state index contributed by atoms with van der Waals surface area (Å²) in [7, 11) is 5.67. The summed E-state index contributed by atoms with van der Waals surface area (Å²) >= 11 is 0. The summed E-state index contributed by atoms with van der Waals surface area (Å²) in [6.45, 7) is 0. The van der Waals surface area contributed by atoms with Crippen molar-refractivity contribution in [2.45, 2.75) is 12.6 Å². The fourth-order valence-corrected chi connectivity index (χ4v) is 0.737. The summed E-state index contributed by atoms with van der Waals surface area (Å²) in [6, 6.07) is 0. The van der Waals surface area contributed by atoms with E-state index in [0.29, 0.717) is 6.42 Å². The predicted molar refractivity (Wildman–Crippen MR) is 43.1 cm³/mol. The van der Waals surface area contributed by atoms with Gasteiger partial charge in [0.15, 0.2) is 0 Å². The van der Waals surface area contributed by atoms with Crippen LogP contribution in [0.1, 0.15) is 6.42 Å². The van der Waals surface area contributed by atoms with Gasteiger partial charge >= 0.3 is 0 Å². The first-order valence-corrected chi connectivity index (χ1v) is 3.32. The minimum Gasteiger partial charge on any atom is -0.313 e. The van der Waals surface area contributed by atoms with Crippen molar-refractivity contribution in [3.8, 4) is 0 Å². The van der Waals surface area contributed by atoms with E-state index < -0.39 is 0 Å². The SMILES string of the molecule is CNC(CC=N)N(C)NC. The minimum atomic E-state index is 0.211. The van der Waals surface area contributed by atoms with Crippen LogP contribution in [0.5, 0.6) is 0 Å². The van der Waals surface area contributed by atoms with E-state index in [1.807, 2.05) is 26.2 Å². The molecular weight excluding hydrogens is 128 g/mol. The molecule has 0 aliphatic heterocycles. The van der Waals surface area contributed by atoms with E-state index in [0.717, 1.165) is 0 Å². The second-order valence-corrected chi connectivity index (χ2v) is 2.08. The van der Waals surface area contributed by atoms with Gasteiger partial charge in [-0.2, -0.15) is 0 Å². The zero-order valence-electron chi connectivity index (χ0n) is 6.81. The van der Waals surface area contributed by atoms with E-state index in [9.17, 15) is 0 Å². The molecule has 4 heteroatoms. The summed E-state index contributed by atoms with van der Waals surface area (Å²) < 4.78 is 0. The van der Waals surface area contributed by atoms with Crippen molar-refractivity contribution in [2.24, 2.45) is 0 Å². The second kappa shape index (κ2) is 5.34. The fourth-order valence-electron chi connectivity index (χ4n) is 0.737. The fraction of sp³-hybridized carbons (Fsp3) is 0.833. The number of nitrogens with zero attached hydrogens (tertiary/aromatic N) is 1. The number of hydrazine groups is 1. The third-order valence-corrected chi connectivity index (χ3v) is 1.49. The summed E-state index contributed by atoms with van der Waals surface area (Å²) in [4.78, 5) is 0. The van der Waals surface area contributed by atoms with Crippen molar-refractivity contribution in [3.05, 3.63) is 0 Å². The molecule has 0 fully saturated rings. The number of hydrogen-bond acceptors (Lipinski definition) is 4. The maximum atomic E-state index is 6.89. The number of nitrogens with one attached hydrogen (secondary N) is 3. The van der Waals surface area contributed by atoms with Crippen molar-refractivity contribution in [3.63, 3.8) is 0 Å². The van der Waals surface area contributed by atoms with Crippen LogP contribution in [-0.2, 0) is 0 Å². The zero-order chi connectivity index (χ0) is 7.98. The van der Waals surface area contributed by atoms with Gasteiger partial charge in [0.2, 0.25) is 0 Å². The topological polar surface area (TPSA) is 51.2 Å². The molecule has 0 saturated carbocycles. The lowest BCUT2D eigenvalue weighted by atomic mass is 10.3. The summed E-state index contributed by atoms with van der Waals surface area (Å²) in [6.07, 6.45) is 2.32. The standard InChI is InChI=1S/C6H16N4/c1-8-6(4-5-7)10(3)9-2/h5-9H,4H2,1-3H3. The first kappa shape index (κ1) is 9.55. The van der Waals surface area contributed by atoms with Crippen LogP contribution < -0.4 is 10.7 Å². The smallest absolute Gasteiger partial charge is 0.0776 e. The van der Waals surface area contributed by atoms with Gasteiger partial charge in [-0.25, -0.2) is 5.01 Å². The third-order valence-electron chi connectivity index (χ3n) is 1.49. The monoisotopic (exact) mass is 144 g/mol. The van der Waals surface area contributed by atoms with Crippen molar-refractivity contribution < 1.29 is 0 Å². The van der Waals surface area contributed by atoms with E-state index in [1.54, 1.807) is 0 Å². The highest BCUT2D eigenvalue weighted by atomic mass is 15.5. The van der Waals surface area contributed by atoms with Gasteiger partial charge in [0.1, 0.15) is 0 Å². The average molecular weight is 144 g/mol. The Balaban J connectivity index is 3.67. The molecule has 0 rings (SSSR count). The van der Waals surface area contributed by atoms with E-state index in [2.05, 4.69) is 10.7 Å². The molecule has 0 aliphatic rings. The highest BCUT2D eigenvalue weighted by molar-refractivity contribution is 5.53. The molecule has 0 spiro atoms. The Morgan fingerprint density at radius 2 is 2.20 bits per heavy atom. The first-order chi connectivity index (χ1) is 4.76. The van der Waals surface area contributed by atoms with E-state index in [4.69, 9.17) is 5.41 Å². The molecule has 0 aromatic heterocycles. The zero-order valence-corrected chi connectivity index (χ0v) is 6.81. The van der Waals surface area contributed by atoms with Crippen molar-refractivity contribution in [1.29, 1.82) is 5.41 Å². The van der Waals surface area contributed by atoms with Gasteiger partial charge in [0, 0.05) is 13.5 Å². The molecule has 0 aromatic rings. The molecule has 4 nitrogen and oxygen atoms in total. The molecule has 0 radical (unpaired) electrons. The molecule has 1 atom stereocenters. The van der Waals surface area contributed by atoms with Gasteiger partial charge < -0.3 is 10.7 Å². The maximum absolute atomic E-state index is 6.89. The highest BCUT2D eigenvalue weighted by Crippen LogP contribution is 1.89. The normalized spacial score (nSPS) is 13.6. The largest absolute Gasteiger partial charge is 0.313 e. The molecule has 0 bridgehead atoms. The van der Waals surface area contributed by atoms with E-state index in [1.165, 1.54) is 6.21 Å². The lowest BCUT2D eigenvalue weighted by molar-refractivity contribution is 0.163. The molecule has 0 heterocycles. The van der Waals surface area contributed by atoms with Gasteiger partial charge in [0.05, 0.1) is 6.17 Å². The molecule has 0 saturated heterocycles. The Morgan fingerprint density at radius 1 is 1.60 bits per heavy atom. The van der Waals surface area contributed by atoms with Crippen LogP contribution in [0.2, 0.25) is 0 Å². The third kappa shape index (κ3) is 2.91. The highest BCUT2D eigenvalue weighted by Gasteiger charge is 2.07. The summed E-state index contributed by atoms with van der Waals surface area (Å²) in [5.41, 5.74) is 2.97. The van der Waals surface area contributed by atoms with Crippen LogP contribution in [0.4, 0.5) is 0 Å². The Kier molecular flexibility index (Phi) is 5.10. The Labute approximate surface area is 62.1 Å². The Hall–Kier alpha value is -0.450. The molecule has 10 heavy (non-hydrogen) atoms. The average Bonchev–Trinajstić information content (AvgIpc) is 1.99. The van der Waals surface area contributed by atoms with Gasteiger partial charge in [-0.05, 0) is 20.3 Å². The number of hydrogen-bond donors (Lipinski definition) is 3. The van der Waals surface area contributed by atoms with Gasteiger partial charge in [-0.1, -0.05) is 0 Å². The second-order valence-electron chi connectivity index (χ2n) is 2.08. The van der Waals surface area contributed by atoms with E-state index in [-0.39, 0.29) is 6.17 Å². The summed E-state index contributed by atoms with van der Waals surface area (Å²) in [5, 5.41) is 11.9. The molecule has 0 amide bonds. The van der Waals surface area contributed by atoms with Crippen LogP contribution in [0.15, 0.2) is 0 Å². The van der Waals surface area contributed by atoms with Gasteiger partial charge in [0.25, 0.3) is 0 Å². The predicted octanol–water partition coefficient (Wildman–Crippen LogP) is -0.362. The molecular formula is C6H16N4. The van der Waals surface area contributed by atoms with Crippen molar-refractivity contribution in [1.82, 2.24) is 15.8 Å². The van der Waals surface area contributed by atoms with Crippen LogP contribution in [0, 0.1) is 5.41 Å². The van der Waals surface area contributed by atoms with Gasteiger partial charge in [-0.15, -0.1) is 0 Å². The van der Waals surface area contributed by atoms with E-state index >= 15 is 0 Å². The van der Waals surface area contributed by atoms with Crippen molar-refractivity contribution in [2.75, 3.05) is 21.1 Å². The minimum absolute atomic E-state index is 0.211. The quantitative estimate of drug-likeness (QED) is 0.280. The Morgan fingerprint density at radius 3 is 2.50 bits per heavy atom. The Bertz CT molecular complexity index is 93.7. The molecule has 0 aliphatic carbocycles.